The lowest BCUT2D eigenvalue weighted by atomic mass is 9.81. The van der Waals surface area contributed by atoms with Crippen LogP contribution in [0.5, 0.6) is 0 Å². The van der Waals surface area contributed by atoms with Crippen molar-refractivity contribution in [2.75, 3.05) is 18.4 Å². The number of aliphatic carboxylic acids is 1. The van der Waals surface area contributed by atoms with Crippen LogP contribution in [0.2, 0.25) is 0 Å². The van der Waals surface area contributed by atoms with Crippen molar-refractivity contribution in [3.63, 3.8) is 0 Å². The van der Waals surface area contributed by atoms with E-state index < -0.39 is 11.4 Å². The third-order valence-electron chi connectivity index (χ3n) is 5.70. The molecule has 2 N–H and O–H groups in total. The van der Waals surface area contributed by atoms with Crippen LogP contribution in [0, 0.1) is 11.3 Å². The van der Waals surface area contributed by atoms with Gasteiger partial charge in [0.2, 0.25) is 0 Å². The van der Waals surface area contributed by atoms with Crippen LogP contribution in [-0.4, -0.2) is 44.9 Å². The number of benzene rings is 1. The molecular formula is C19H22N4O3. The molecule has 7 heteroatoms. The fourth-order valence-electron chi connectivity index (χ4n) is 4.38. The normalized spacial score (nSPS) is 24.5. The largest absolute Gasteiger partial charge is 0.481 e. The van der Waals surface area contributed by atoms with Crippen molar-refractivity contribution >= 4 is 17.7 Å². The van der Waals surface area contributed by atoms with Crippen molar-refractivity contribution < 1.29 is 14.7 Å². The van der Waals surface area contributed by atoms with Crippen LogP contribution >= 0.6 is 0 Å². The van der Waals surface area contributed by atoms with Crippen molar-refractivity contribution in [1.29, 1.82) is 0 Å². The summed E-state index contributed by atoms with van der Waals surface area (Å²) in [4.78, 5) is 26.2. The molecule has 0 unspecified atom stereocenters. The summed E-state index contributed by atoms with van der Waals surface area (Å²) in [6.45, 7) is 0.777. The molecule has 2 heterocycles. The third-order valence-corrected chi connectivity index (χ3v) is 5.70. The van der Waals surface area contributed by atoms with Gasteiger partial charge in [0.25, 0.3) is 0 Å². The number of nitrogens with zero attached hydrogens (tertiary/aromatic N) is 3. The Morgan fingerprint density at radius 3 is 2.77 bits per heavy atom. The van der Waals surface area contributed by atoms with Gasteiger partial charge in [0.05, 0.1) is 11.1 Å². The first-order chi connectivity index (χ1) is 12.5. The molecule has 2 aromatic rings. The number of hydrogen-bond acceptors (Lipinski definition) is 3. The van der Waals surface area contributed by atoms with E-state index in [4.69, 9.17) is 0 Å². The Balaban J connectivity index is 1.54. The summed E-state index contributed by atoms with van der Waals surface area (Å²) in [5.41, 5.74) is 1.48. The van der Waals surface area contributed by atoms with E-state index in [1.54, 1.807) is 15.8 Å². The number of carbonyl (C=O) groups excluding carboxylic acids is 1. The van der Waals surface area contributed by atoms with Gasteiger partial charge in [0, 0.05) is 31.9 Å². The highest BCUT2D eigenvalue weighted by molar-refractivity contribution is 5.94. The quantitative estimate of drug-likeness (QED) is 0.887. The first kappa shape index (κ1) is 16.6. The number of carboxylic acids is 1. The van der Waals surface area contributed by atoms with Crippen molar-refractivity contribution in [1.82, 2.24) is 14.7 Å². The summed E-state index contributed by atoms with van der Waals surface area (Å²) in [7, 11) is 1.81. The predicted octanol–water partition coefficient (Wildman–Crippen LogP) is 2.81. The average Bonchev–Trinajstić information content (AvgIpc) is 3.28. The van der Waals surface area contributed by atoms with E-state index in [0.29, 0.717) is 24.3 Å². The van der Waals surface area contributed by atoms with Crippen LogP contribution in [-0.2, 0) is 11.8 Å². The van der Waals surface area contributed by atoms with Gasteiger partial charge in [-0.3, -0.25) is 9.48 Å². The average molecular weight is 354 g/mol. The molecule has 0 spiro atoms. The molecule has 2 atom stereocenters. The number of fused-ring (bicyclic) bond motifs is 1. The summed E-state index contributed by atoms with van der Waals surface area (Å²) in [5, 5.41) is 17.1. The molecule has 1 aliphatic heterocycles. The number of aryl methyl sites for hydroxylation is 1. The van der Waals surface area contributed by atoms with E-state index in [2.05, 4.69) is 10.4 Å². The summed E-state index contributed by atoms with van der Waals surface area (Å²) >= 11 is 0. The van der Waals surface area contributed by atoms with Crippen molar-refractivity contribution in [2.45, 2.75) is 19.3 Å². The third kappa shape index (κ3) is 2.64. The van der Waals surface area contributed by atoms with E-state index in [9.17, 15) is 14.7 Å². The topological polar surface area (TPSA) is 87.5 Å². The molecule has 1 saturated carbocycles. The lowest BCUT2D eigenvalue weighted by Crippen LogP contribution is -2.38. The Kier molecular flexibility index (Phi) is 3.94. The molecule has 1 aromatic heterocycles. The number of hydrogen-bond donors (Lipinski definition) is 2. The molecule has 1 aliphatic carbocycles. The summed E-state index contributed by atoms with van der Waals surface area (Å²) in [6.07, 6.45) is 4.22. The van der Waals surface area contributed by atoms with Gasteiger partial charge in [0.1, 0.15) is 5.69 Å². The Bertz CT molecular complexity index is 848. The number of urea groups is 1. The number of carbonyl (C=O) groups is 2. The number of rotatable bonds is 3. The molecule has 26 heavy (non-hydrogen) atoms. The van der Waals surface area contributed by atoms with Crippen LogP contribution in [0.3, 0.4) is 0 Å². The smallest absolute Gasteiger partial charge is 0.321 e. The second-order valence-electron chi connectivity index (χ2n) is 7.29. The Labute approximate surface area is 151 Å². The van der Waals surface area contributed by atoms with Gasteiger partial charge in [-0.25, -0.2) is 4.79 Å². The van der Waals surface area contributed by atoms with Crippen LogP contribution < -0.4 is 5.32 Å². The minimum Gasteiger partial charge on any atom is -0.481 e. The zero-order valence-corrected chi connectivity index (χ0v) is 14.7. The zero-order chi connectivity index (χ0) is 18.3. The van der Waals surface area contributed by atoms with E-state index in [-0.39, 0.29) is 18.5 Å². The highest BCUT2D eigenvalue weighted by Crippen LogP contribution is 2.49. The van der Waals surface area contributed by atoms with Gasteiger partial charge in [-0.2, -0.15) is 5.10 Å². The lowest BCUT2D eigenvalue weighted by molar-refractivity contribution is -0.149. The number of anilines is 1. The number of aromatic nitrogens is 2. The first-order valence-corrected chi connectivity index (χ1v) is 8.88. The Hall–Kier alpha value is -2.83. The standard InChI is InChI=1S/C19H22N4O3/c1-22-11-15(16(21-22)13-6-3-2-4-7-13)20-18(26)23-10-14-8-5-9-19(14,12-23)17(24)25/h2-4,6-7,11,14H,5,8-10,12H2,1H3,(H,20,26)(H,24,25)/t14-,19+/m0/s1. The fraction of sp³-hybridized carbons (Fsp3) is 0.421. The molecule has 2 fully saturated rings. The maximum Gasteiger partial charge on any atom is 0.321 e. The van der Waals surface area contributed by atoms with Crippen LogP contribution in [0.4, 0.5) is 10.5 Å². The molecule has 136 valence electrons. The minimum atomic E-state index is -0.776. The Morgan fingerprint density at radius 2 is 2.08 bits per heavy atom. The zero-order valence-electron chi connectivity index (χ0n) is 14.7. The van der Waals surface area contributed by atoms with Gasteiger partial charge in [-0.15, -0.1) is 0 Å². The highest BCUT2D eigenvalue weighted by atomic mass is 16.4. The highest BCUT2D eigenvalue weighted by Gasteiger charge is 2.55. The molecule has 0 bridgehead atoms. The summed E-state index contributed by atoms with van der Waals surface area (Å²) < 4.78 is 1.66. The first-order valence-electron chi connectivity index (χ1n) is 8.88. The summed E-state index contributed by atoms with van der Waals surface area (Å²) in [6, 6.07) is 9.40. The van der Waals surface area contributed by atoms with E-state index in [1.165, 1.54) is 0 Å². The van der Waals surface area contributed by atoms with Crippen molar-refractivity contribution in [3.8, 4) is 11.3 Å². The Morgan fingerprint density at radius 1 is 1.31 bits per heavy atom. The van der Waals surface area contributed by atoms with Gasteiger partial charge < -0.3 is 15.3 Å². The molecule has 0 radical (unpaired) electrons. The second-order valence-corrected chi connectivity index (χ2v) is 7.29. The molecule has 7 nitrogen and oxygen atoms in total. The second kappa shape index (κ2) is 6.16. The van der Waals surface area contributed by atoms with Gasteiger partial charge in [-0.1, -0.05) is 36.8 Å². The fourth-order valence-corrected chi connectivity index (χ4v) is 4.38. The molecule has 2 amide bonds. The number of likely N-dealkylation sites (tertiary alicyclic amines) is 1. The lowest BCUT2D eigenvalue weighted by Gasteiger charge is -2.23. The molecule has 1 saturated heterocycles. The molecular weight excluding hydrogens is 332 g/mol. The predicted molar refractivity (Wildman–Crippen MR) is 96.6 cm³/mol. The van der Waals surface area contributed by atoms with Gasteiger partial charge in [0.15, 0.2) is 0 Å². The minimum absolute atomic E-state index is 0.0493. The maximum absolute atomic E-state index is 12.8. The van der Waals surface area contributed by atoms with Crippen LogP contribution in [0.15, 0.2) is 36.5 Å². The van der Waals surface area contributed by atoms with E-state index in [0.717, 1.165) is 18.4 Å². The van der Waals surface area contributed by atoms with Crippen LogP contribution in [0.25, 0.3) is 11.3 Å². The maximum atomic E-state index is 12.8. The van der Waals surface area contributed by atoms with Gasteiger partial charge >= 0.3 is 12.0 Å². The number of nitrogens with one attached hydrogen (secondary N) is 1. The van der Waals surface area contributed by atoms with Crippen molar-refractivity contribution in [3.05, 3.63) is 36.5 Å². The van der Waals surface area contributed by atoms with E-state index in [1.807, 2.05) is 37.4 Å². The summed E-state index contributed by atoms with van der Waals surface area (Å²) in [5.74, 6) is -0.727. The number of carboxylic acid groups (broad SMARTS) is 1. The van der Waals surface area contributed by atoms with Crippen molar-refractivity contribution in [2.24, 2.45) is 18.4 Å². The molecule has 1 aromatic carbocycles. The molecule has 2 aliphatic rings. The SMILES string of the molecule is Cn1cc(NC(=O)N2C[C@@H]3CCC[C@@]3(C(=O)O)C2)c(-c2ccccc2)n1. The molecule has 4 rings (SSSR count). The van der Waals surface area contributed by atoms with Crippen LogP contribution in [0.1, 0.15) is 19.3 Å². The van der Waals surface area contributed by atoms with Gasteiger partial charge in [-0.05, 0) is 18.8 Å². The number of amides is 2. The van der Waals surface area contributed by atoms with E-state index >= 15 is 0 Å². The monoisotopic (exact) mass is 354 g/mol.